The van der Waals surface area contributed by atoms with Crippen molar-refractivity contribution in [2.45, 2.75) is 0 Å². The second kappa shape index (κ2) is 10.5. The van der Waals surface area contributed by atoms with Crippen LogP contribution in [-0.2, 0) is 0 Å². The van der Waals surface area contributed by atoms with Gasteiger partial charge in [-0.15, -0.1) is 0 Å². The van der Waals surface area contributed by atoms with E-state index in [0.29, 0.717) is 17.5 Å². The Kier molecular flexibility index (Phi) is 5.81. The van der Waals surface area contributed by atoms with Gasteiger partial charge in [0.05, 0.1) is 0 Å². The van der Waals surface area contributed by atoms with Gasteiger partial charge < -0.3 is 8.83 Å². The summed E-state index contributed by atoms with van der Waals surface area (Å²) in [7, 11) is 0. The van der Waals surface area contributed by atoms with Crippen LogP contribution >= 0.6 is 0 Å². The molecule has 5 nitrogen and oxygen atoms in total. The van der Waals surface area contributed by atoms with E-state index in [1.54, 1.807) is 0 Å². The highest BCUT2D eigenvalue weighted by Crippen LogP contribution is 2.42. The minimum absolute atomic E-state index is 0.599. The average Bonchev–Trinajstić information content (AvgIpc) is 3.72. The normalized spacial score (nSPS) is 11.8. The Morgan fingerprint density at radius 1 is 0.333 bits per heavy atom. The zero-order valence-corrected chi connectivity index (χ0v) is 25.6. The lowest BCUT2D eigenvalue weighted by molar-refractivity contribution is 0.668. The highest BCUT2D eigenvalue weighted by molar-refractivity contribution is 6.17. The predicted octanol–water partition coefficient (Wildman–Crippen LogP) is 11.5. The Hall–Kier alpha value is -6.59. The smallest absolute Gasteiger partial charge is 0.164 e. The van der Waals surface area contributed by atoms with Gasteiger partial charge in [-0.3, -0.25) is 0 Å². The van der Waals surface area contributed by atoms with Gasteiger partial charge >= 0.3 is 0 Å². The highest BCUT2D eigenvalue weighted by atomic mass is 16.3. The highest BCUT2D eigenvalue weighted by Gasteiger charge is 2.19. The summed E-state index contributed by atoms with van der Waals surface area (Å²) >= 11 is 0. The molecule has 0 amide bonds. The van der Waals surface area contributed by atoms with E-state index < -0.39 is 0 Å². The van der Waals surface area contributed by atoms with Crippen LogP contribution in [0.1, 0.15) is 0 Å². The summed E-state index contributed by atoms with van der Waals surface area (Å²) in [6.07, 6.45) is 0. The van der Waals surface area contributed by atoms with E-state index in [1.807, 2.05) is 78.9 Å². The van der Waals surface area contributed by atoms with E-state index in [9.17, 15) is 0 Å². The second-order valence-electron chi connectivity index (χ2n) is 12.0. The zero-order valence-electron chi connectivity index (χ0n) is 25.6. The molecule has 0 saturated carbocycles. The zero-order chi connectivity index (χ0) is 31.6. The van der Waals surface area contributed by atoms with Crippen molar-refractivity contribution < 1.29 is 8.83 Å². The maximum Gasteiger partial charge on any atom is 0.164 e. The first-order chi connectivity index (χ1) is 23.8. The first-order valence-corrected chi connectivity index (χ1v) is 15.9. The van der Waals surface area contributed by atoms with Gasteiger partial charge in [-0.2, -0.15) is 0 Å². The fourth-order valence-electron chi connectivity index (χ4n) is 6.86. The van der Waals surface area contributed by atoms with Gasteiger partial charge in [0.2, 0.25) is 0 Å². The van der Waals surface area contributed by atoms with E-state index in [2.05, 4.69) is 72.8 Å². The Balaban J connectivity index is 1.16. The molecule has 0 spiro atoms. The molecule has 224 valence electrons. The number of benzene rings is 7. The first kappa shape index (κ1) is 26.6. The van der Waals surface area contributed by atoms with Crippen LogP contribution in [0.2, 0.25) is 0 Å². The molecule has 48 heavy (non-hydrogen) atoms. The van der Waals surface area contributed by atoms with Crippen molar-refractivity contribution in [1.82, 2.24) is 15.0 Å². The fourth-order valence-corrected chi connectivity index (χ4v) is 6.86. The summed E-state index contributed by atoms with van der Waals surface area (Å²) in [6.45, 7) is 0. The van der Waals surface area contributed by atoms with Crippen molar-refractivity contribution in [3.63, 3.8) is 0 Å². The molecule has 0 N–H and O–H groups in total. The summed E-state index contributed by atoms with van der Waals surface area (Å²) in [5, 5.41) is 6.53. The third-order valence-electron chi connectivity index (χ3n) is 9.11. The van der Waals surface area contributed by atoms with Gasteiger partial charge in [-0.1, -0.05) is 115 Å². The van der Waals surface area contributed by atoms with Crippen molar-refractivity contribution in [3.8, 4) is 45.3 Å². The third-order valence-corrected chi connectivity index (χ3v) is 9.11. The van der Waals surface area contributed by atoms with Crippen LogP contribution < -0.4 is 0 Å². The van der Waals surface area contributed by atoms with E-state index in [1.165, 1.54) is 5.39 Å². The Labute approximate surface area is 274 Å². The number of aromatic nitrogens is 3. The number of hydrogen-bond acceptors (Lipinski definition) is 5. The van der Waals surface area contributed by atoms with Crippen LogP contribution in [0.3, 0.4) is 0 Å². The molecular formula is C43H25N3O2. The Morgan fingerprint density at radius 3 is 1.54 bits per heavy atom. The molecule has 0 radical (unpaired) electrons. The standard InChI is InChI=1S/C43H25N3O2/c1-3-11-26(12-4-1)41-44-42(27-13-5-2-6-14-27)46-43(45-41)33-18-10-20-36-40(33)32-22-21-30(25-37(32)47-36)31-17-9-19-35-39(31)34-23-28-15-7-8-16-29(28)24-38(34)48-35/h1-25H. The number of fused-ring (bicyclic) bond motifs is 7. The number of furan rings is 2. The number of nitrogens with zero attached hydrogens (tertiary/aromatic N) is 3. The summed E-state index contributed by atoms with van der Waals surface area (Å²) in [5.41, 5.74) is 8.24. The third kappa shape index (κ3) is 4.22. The Bertz CT molecular complexity index is 2780. The molecule has 0 fully saturated rings. The lowest BCUT2D eigenvalue weighted by Gasteiger charge is -2.09. The lowest BCUT2D eigenvalue weighted by Crippen LogP contribution is -2.00. The topological polar surface area (TPSA) is 65.0 Å². The van der Waals surface area contributed by atoms with E-state index in [0.717, 1.165) is 77.1 Å². The van der Waals surface area contributed by atoms with Crippen LogP contribution in [0.5, 0.6) is 0 Å². The van der Waals surface area contributed by atoms with E-state index >= 15 is 0 Å². The molecule has 0 aliphatic heterocycles. The molecule has 0 unspecified atom stereocenters. The van der Waals surface area contributed by atoms with E-state index in [4.69, 9.17) is 23.8 Å². The number of hydrogen-bond donors (Lipinski definition) is 0. The van der Waals surface area contributed by atoms with Crippen LogP contribution in [0.15, 0.2) is 160 Å². The fraction of sp³-hybridized carbons (Fsp3) is 0. The summed E-state index contributed by atoms with van der Waals surface area (Å²) < 4.78 is 12.9. The van der Waals surface area contributed by atoms with Crippen molar-refractivity contribution >= 4 is 54.6 Å². The van der Waals surface area contributed by atoms with Crippen LogP contribution in [0.4, 0.5) is 0 Å². The molecule has 3 aromatic heterocycles. The molecular weight excluding hydrogens is 590 g/mol. The summed E-state index contributed by atoms with van der Waals surface area (Å²) in [6, 6.07) is 51.6. The van der Waals surface area contributed by atoms with Gasteiger partial charge in [0.1, 0.15) is 22.3 Å². The largest absolute Gasteiger partial charge is 0.456 e. The SMILES string of the molecule is c1ccc(-c2nc(-c3ccccc3)nc(-c3cccc4oc5cc(-c6cccc7oc8cc9ccccc9cc8c67)ccc5c34)n2)cc1. The molecule has 0 aliphatic carbocycles. The molecule has 10 aromatic rings. The monoisotopic (exact) mass is 615 g/mol. The van der Waals surface area contributed by atoms with Gasteiger partial charge in [0, 0.05) is 38.2 Å². The maximum absolute atomic E-state index is 6.55. The first-order valence-electron chi connectivity index (χ1n) is 15.9. The van der Waals surface area contributed by atoms with Crippen molar-refractivity contribution in [2.75, 3.05) is 0 Å². The molecule has 0 bridgehead atoms. The average molecular weight is 616 g/mol. The molecule has 0 atom stereocenters. The maximum atomic E-state index is 6.55. The minimum atomic E-state index is 0.599. The summed E-state index contributed by atoms with van der Waals surface area (Å²) in [5.74, 6) is 1.85. The van der Waals surface area contributed by atoms with Crippen molar-refractivity contribution in [3.05, 3.63) is 152 Å². The van der Waals surface area contributed by atoms with Crippen LogP contribution in [-0.4, -0.2) is 15.0 Å². The van der Waals surface area contributed by atoms with Gasteiger partial charge in [-0.05, 0) is 58.3 Å². The molecule has 0 saturated heterocycles. The summed E-state index contributed by atoms with van der Waals surface area (Å²) in [4.78, 5) is 14.9. The predicted molar refractivity (Wildman–Crippen MR) is 194 cm³/mol. The van der Waals surface area contributed by atoms with Gasteiger partial charge in [0.25, 0.3) is 0 Å². The minimum Gasteiger partial charge on any atom is -0.456 e. The Morgan fingerprint density at radius 2 is 0.875 bits per heavy atom. The van der Waals surface area contributed by atoms with Crippen molar-refractivity contribution in [1.29, 1.82) is 0 Å². The molecule has 3 heterocycles. The molecule has 5 heteroatoms. The lowest BCUT2D eigenvalue weighted by atomic mass is 9.97. The van der Waals surface area contributed by atoms with Crippen LogP contribution in [0.25, 0.3) is 99.9 Å². The number of rotatable bonds is 4. The van der Waals surface area contributed by atoms with Crippen LogP contribution in [0, 0.1) is 0 Å². The van der Waals surface area contributed by atoms with Gasteiger partial charge in [-0.25, -0.2) is 15.0 Å². The van der Waals surface area contributed by atoms with E-state index in [-0.39, 0.29) is 0 Å². The second-order valence-corrected chi connectivity index (χ2v) is 12.0. The molecule has 0 aliphatic rings. The quantitative estimate of drug-likeness (QED) is 0.197. The molecule has 10 rings (SSSR count). The molecule has 7 aromatic carbocycles. The van der Waals surface area contributed by atoms with Crippen molar-refractivity contribution in [2.24, 2.45) is 0 Å². The van der Waals surface area contributed by atoms with Gasteiger partial charge in [0.15, 0.2) is 17.5 Å².